The number of aliphatic hydroxyl groups excluding tert-OH is 1. The van der Waals surface area contributed by atoms with Crippen LogP contribution >= 0.6 is 23.2 Å². The van der Waals surface area contributed by atoms with Crippen LogP contribution in [0, 0.1) is 5.82 Å². The molecule has 0 fully saturated rings. The highest BCUT2D eigenvalue weighted by molar-refractivity contribution is 6.30. The smallest absolute Gasteiger partial charge is 0.408 e. The number of nitrogens with zero attached hydrogens (tertiary/aromatic N) is 1. The first-order valence-corrected chi connectivity index (χ1v) is 9.07. The highest BCUT2D eigenvalue weighted by Crippen LogP contribution is 2.44. The molecule has 0 aliphatic heterocycles. The highest BCUT2D eigenvalue weighted by atomic mass is 35.5. The van der Waals surface area contributed by atoms with Gasteiger partial charge in [-0.1, -0.05) is 41.4 Å². The van der Waals surface area contributed by atoms with E-state index in [-0.39, 0.29) is 10.6 Å². The summed E-state index contributed by atoms with van der Waals surface area (Å²) in [4.78, 5) is 13.4. The number of hydrogen-bond donors (Lipinski definition) is 2. The molecule has 4 nitrogen and oxygen atoms in total. The Kier molecular flexibility index (Phi) is 6.10. The first-order valence-electron chi connectivity index (χ1n) is 8.31. The van der Waals surface area contributed by atoms with Gasteiger partial charge < -0.3 is 10.2 Å². The van der Waals surface area contributed by atoms with E-state index in [4.69, 9.17) is 23.2 Å². The van der Waals surface area contributed by atoms with Crippen LogP contribution in [0.4, 0.5) is 9.18 Å². The number of halogens is 3. The molecular formula is C20H22Cl2FNO3. The number of carboxylic acid groups (broad SMARTS) is 1. The van der Waals surface area contributed by atoms with Crippen molar-refractivity contribution in [1.29, 1.82) is 0 Å². The van der Waals surface area contributed by atoms with E-state index in [0.29, 0.717) is 10.6 Å². The van der Waals surface area contributed by atoms with Crippen LogP contribution in [0.1, 0.15) is 44.9 Å². The second-order valence-corrected chi connectivity index (χ2v) is 8.36. The Morgan fingerprint density at radius 3 is 2.07 bits per heavy atom. The third-order valence-corrected chi connectivity index (χ3v) is 5.11. The Hall–Kier alpha value is -1.82. The van der Waals surface area contributed by atoms with Crippen LogP contribution in [-0.4, -0.2) is 26.7 Å². The van der Waals surface area contributed by atoms with Gasteiger partial charge in [-0.3, -0.25) is 4.90 Å². The van der Waals surface area contributed by atoms with Crippen LogP contribution in [0.15, 0.2) is 42.5 Å². The maximum absolute atomic E-state index is 14.0. The molecule has 2 rings (SSSR count). The Bertz CT molecular complexity index is 836. The zero-order valence-corrected chi connectivity index (χ0v) is 17.0. The standard InChI is InChI=1S/C20H22Cl2FNO3/c1-19(2,3)24(18(26)27)20(4,13-6-8-14(21)9-7-13)17(25)12-5-10-15(22)16(23)11-12/h5-11,17,25H,1-4H3,(H,26,27). The van der Waals surface area contributed by atoms with Crippen molar-refractivity contribution in [1.82, 2.24) is 4.90 Å². The first-order chi connectivity index (χ1) is 12.4. The summed E-state index contributed by atoms with van der Waals surface area (Å²) in [5, 5.41) is 21.6. The molecule has 0 radical (unpaired) electrons. The summed E-state index contributed by atoms with van der Waals surface area (Å²) < 4.78 is 14.0. The minimum Gasteiger partial charge on any atom is -0.465 e. The van der Waals surface area contributed by atoms with Crippen molar-refractivity contribution < 1.29 is 19.4 Å². The van der Waals surface area contributed by atoms with Crippen LogP contribution in [0.2, 0.25) is 10.0 Å². The maximum atomic E-state index is 14.0. The molecule has 0 spiro atoms. The van der Waals surface area contributed by atoms with Crippen LogP contribution < -0.4 is 0 Å². The molecule has 2 aromatic rings. The van der Waals surface area contributed by atoms with E-state index >= 15 is 0 Å². The molecule has 2 atom stereocenters. The summed E-state index contributed by atoms with van der Waals surface area (Å²) in [6, 6.07) is 10.5. The highest BCUT2D eigenvalue weighted by Gasteiger charge is 2.48. The van der Waals surface area contributed by atoms with Gasteiger partial charge in [-0.2, -0.15) is 0 Å². The summed E-state index contributed by atoms with van der Waals surface area (Å²) in [6.07, 6.45) is -2.57. The van der Waals surface area contributed by atoms with Gasteiger partial charge in [-0.15, -0.1) is 0 Å². The van der Waals surface area contributed by atoms with Crippen molar-refractivity contribution in [2.24, 2.45) is 0 Å². The molecule has 2 aromatic carbocycles. The van der Waals surface area contributed by atoms with E-state index < -0.39 is 29.1 Å². The average molecular weight is 414 g/mol. The largest absolute Gasteiger partial charge is 0.465 e. The molecule has 0 heterocycles. The Balaban J connectivity index is 2.73. The molecule has 0 saturated heterocycles. The Morgan fingerprint density at radius 1 is 1.07 bits per heavy atom. The van der Waals surface area contributed by atoms with Crippen molar-refractivity contribution in [3.63, 3.8) is 0 Å². The van der Waals surface area contributed by atoms with Crippen molar-refractivity contribution in [2.75, 3.05) is 0 Å². The number of carbonyl (C=O) groups is 1. The van der Waals surface area contributed by atoms with Gasteiger partial charge in [0.05, 0.1) is 10.6 Å². The third-order valence-electron chi connectivity index (χ3n) is 4.55. The molecule has 2 N–H and O–H groups in total. The lowest BCUT2D eigenvalue weighted by molar-refractivity contribution is -0.0565. The van der Waals surface area contributed by atoms with E-state index in [0.717, 1.165) is 6.07 Å². The van der Waals surface area contributed by atoms with Crippen molar-refractivity contribution >= 4 is 29.3 Å². The second kappa shape index (κ2) is 7.66. The van der Waals surface area contributed by atoms with E-state index in [1.807, 2.05) is 0 Å². The molecule has 7 heteroatoms. The molecule has 0 aliphatic carbocycles. The van der Waals surface area contributed by atoms with E-state index in [1.54, 1.807) is 52.0 Å². The lowest BCUT2D eigenvalue weighted by Gasteiger charge is -2.49. The summed E-state index contributed by atoms with van der Waals surface area (Å²) in [6.45, 7) is 6.78. The van der Waals surface area contributed by atoms with Crippen LogP contribution in [0.25, 0.3) is 0 Å². The minimum atomic E-state index is -1.42. The van der Waals surface area contributed by atoms with Gasteiger partial charge in [0.1, 0.15) is 11.9 Å². The lowest BCUT2D eigenvalue weighted by Crippen LogP contribution is -2.58. The van der Waals surface area contributed by atoms with Gasteiger partial charge in [0.2, 0.25) is 0 Å². The van der Waals surface area contributed by atoms with Gasteiger partial charge in [-0.05, 0) is 63.1 Å². The molecule has 0 bridgehead atoms. The van der Waals surface area contributed by atoms with Crippen LogP contribution in [0.3, 0.4) is 0 Å². The van der Waals surface area contributed by atoms with Gasteiger partial charge in [0, 0.05) is 10.6 Å². The summed E-state index contributed by atoms with van der Waals surface area (Å²) in [5.41, 5.74) is -1.54. The molecule has 146 valence electrons. The molecule has 0 saturated carbocycles. The minimum absolute atomic E-state index is 0.0786. The van der Waals surface area contributed by atoms with Crippen molar-refractivity contribution in [2.45, 2.75) is 44.9 Å². The molecule has 1 amide bonds. The topological polar surface area (TPSA) is 60.8 Å². The SMILES string of the molecule is CC(C)(C)N(C(=O)O)C(C)(c1ccc(Cl)cc1)C(O)c1ccc(Cl)c(F)c1. The van der Waals surface area contributed by atoms with Gasteiger partial charge >= 0.3 is 6.09 Å². The number of aliphatic hydroxyl groups is 1. The maximum Gasteiger partial charge on any atom is 0.408 e. The summed E-state index contributed by atoms with van der Waals surface area (Å²) >= 11 is 11.7. The third kappa shape index (κ3) is 4.21. The van der Waals surface area contributed by atoms with Crippen LogP contribution in [0.5, 0.6) is 0 Å². The number of hydrogen-bond acceptors (Lipinski definition) is 2. The fourth-order valence-electron chi connectivity index (χ4n) is 3.39. The van der Waals surface area contributed by atoms with Gasteiger partial charge in [-0.25, -0.2) is 9.18 Å². The van der Waals surface area contributed by atoms with E-state index in [9.17, 15) is 19.4 Å². The quantitative estimate of drug-likeness (QED) is 0.659. The average Bonchev–Trinajstić information content (AvgIpc) is 2.55. The molecule has 0 aliphatic rings. The van der Waals surface area contributed by atoms with Crippen LogP contribution in [-0.2, 0) is 5.54 Å². The molecular weight excluding hydrogens is 392 g/mol. The van der Waals surface area contributed by atoms with E-state index in [2.05, 4.69) is 0 Å². The van der Waals surface area contributed by atoms with E-state index in [1.165, 1.54) is 17.0 Å². The molecule has 2 unspecified atom stereocenters. The predicted molar refractivity (Wildman–Crippen MR) is 105 cm³/mol. The lowest BCUT2D eigenvalue weighted by atomic mass is 9.79. The first kappa shape index (κ1) is 21.5. The number of rotatable bonds is 4. The summed E-state index contributed by atoms with van der Waals surface area (Å²) in [5.74, 6) is -0.690. The predicted octanol–water partition coefficient (Wildman–Crippen LogP) is 5.86. The summed E-state index contributed by atoms with van der Waals surface area (Å²) in [7, 11) is 0. The number of amides is 1. The number of benzene rings is 2. The van der Waals surface area contributed by atoms with Gasteiger partial charge in [0.15, 0.2) is 0 Å². The monoisotopic (exact) mass is 413 g/mol. The molecule has 27 heavy (non-hydrogen) atoms. The Labute approximate surface area is 168 Å². The van der Waals surface area contributed by atoms with Crippen molar-refractivity contribution in [3.8, 4) is 0 Å². The fourth-order valence-corrected chi connectivity index (χ4v) is 3.63. The second-order valence-electron chi connectivity index (χ2n) is 7.52. The fraction of sp³-hybridized carbons (Fsp3) is 0.350. The van der Waals surface area contributed by atoms with Gasteiger partial charge in [0.25, 0.3) is 0 Å². The normalized spacial score (nSPS) is 15.1. The Morgan fingerprint density at radius 2 is 1.63 bits per heavy atom. The zero-order chi connectivity index (χ0) is 20.6. The molecule has 0 aromatic heterocycles. The van der Waals surface area contributed by atoms with Crippen molar-refractivity contribution in [3.05, 3.63) is 69.5 Å². The zero-order valence-electron chi connectivity index (χ0n) is 15.5.